The Morgan fingerprint density at radius 1 is 1.26 bits per heavy atom. The molecule has 0 bridgehead atoms. The molecule has 2 rings (SSSR count). The first-order chi connectivity index (χ1) is 9.10. The van der Waals surface area contributed by atoms with Crippen molar-refractivity contribution < 1.29 is 9.18 Å². The van der Waals surface area contributed by atoms with E-state index >= 15 is 0 Å². The topological polar surface area (TPSA) is 41.1 Å². The molecule has 0 heterocycles. The normalized spacial score (nSPS) is 23.1. The molecule has 104 valence electrons. The Balaban J connectivity index is 1.92. The van der Waals surface area contributed by atoms with E-state index in [0.717, 1.165) is 25.7 Å². The summed E-state index contributed by atoms with van der Waals surface area (Å²) < 4.78 is 13.4. The molecule has 19 heavy (non-hydrogen) atoms. The number of carbonyl (C=O) groups excluding carboxylic acids is 1. The van der Waals surface area contributed by atoms with Gasteiger partial charge < -0.3 is 10.6 Å². The lowest BCUT2D eigenvalue weighted by atomic mass is 9.91. The second-order valence-electron chi connectivity index (χ2n) is 4.94. The van der Waals surface area contributed by atoms with Gasteiger partial charge in [0.15, 0.2) is 0 Å². The van der Waals surface area contributed by atoms with Crippen molar-refractivity contribution in [2.24, 2.45) is 0 Å². The Bertz CT molecular complexity index is 459. The fourth-order valence-electron chi connectivity index (χ4n) is 2.43. The van der Waals surface area contributed by atoms with Crippen LogP contribution < -0.4 is 10.6 Å². The number of benzene rings is 1. The van der Waals surface area contributed by atoms with Gasteiger partial charge in [0.05, 0.1) is 4.47 Å². The van der Waals surface area contributed by atoms with Gasteiger partial charge in [-0.2, -0.15) is 0 Å². The van der Waals surface area contributed by atoms with Crippen LogP contribution in [0.4, 0.5) is 4.39 Å². The smallest absolute Gasteiger partial charge is 0.251 e. The molecule has 5 heteroatoms. The molecule has 0 atom stereocenters. The highest BCUT2D eigenvalue weighted by atomic mass is 79.9. The average molecular weight is 329 g/mol. The molecule has 3 nitrogen and oxygen atoms in total. The third-order valence-electron chi connectivity index (χ3n) is 3.65. The van der Waals surface area contributed by atoms with Gasteiger partial charge in [0.2, 0.25) is 0 Å². The van der Waals surface area contributed by atoms with Gasteiger partial charge in [-0.3, -0.25) is 4.79 Å². The summed E-state index contributed by atoms with van der Waals surface area (Å²) in [4.78, 5) is 12.1. The SMILES string of the molecule is CNC1CCC(NC(=O)c2ccc(F)c(Br)c2)CC1. The maximum atomic E-state index is 13.1. The van der Waals surface area contributed by atoms with Crippen LogP contribution in [-0.2, 0) is 0 Å². The zero-order chi connectivity index (χ0) is 13.8. The van der Waals surface area contributed by atoms with Crippen LogP contribution in [0.5, 0.6) is 0 Å². The lowest BCUT2D eigenvalue weighted by Crippen LogP contribution is -2.41. The predicted molar refractivity (Wildman–Crippen MR) is 76.7 cm³/mol. The first-order valence-electron chi connectivity index (χ1n) is 6.53. The van der Waals surface area contributed by atoms with Gasteiger partial charge in [-0.25, -0.2) is 4.39 Å². The van der Waals surface area contributed by atoms with E-state index in [2.05, 4.69) is 26.6 Å². The van der Waals surface area contributed by atoms with Crippen LogP contribution in [0.25, 0.3) is 0 Å². The molecule has 1 aromatic rings. The molecule has 0 aliphatic heterocycles. The summed E-state index contributed by atoms with van der Waals surface area (Å²) in [6.07, 6.45) is 4.13. The number of carbonyl (C=O) groups is 1. The number of nitrogens with one attached hydrogen (secondary N) is 2. The molecular weight excluding hydrogens is 311 g/mol. The summed E-state index contributed by atoms with van der Waals surface area (Å²) >= 11 is 3.09. The number of rotatable bonds is 3. The largest absolute Gasteiger partial charge is 0.349 e. The summed E-state index contributed by atoms with van der Waals surface area (Å²) in [6.45, 7) is 0. The molecule has 2 N–H and O–H groups in total. The van der Waals surface area contributed by atoms with E-state index < -0.39 is 0 Å². The molecule has 1 aliphatic rings. The number of hydrogen-bond donors (Lipinski definition) is 2. The van der Waals surface area contributed by atoms with E-state index in [9.17, 15) is 9.18 Å². The predicted octanol–water partition coefficient (Wildman–Crippen LogP) is 2.85. The molecule has 0 aromatic heterocycles. The second kappa shape index (κ2) is 6.48. The molecule has 1 aromatic carbocycles. The highest BCUT2D eigenvalue weighted by Gasteiger charge is 2.21. The van der Waals surface area contributed by atoms with E-state index in [1.165, 1.54) is 18.2 Å². The van der Waals surface area contributed by atoms with E-state index in [4.69, 9.17) is 0 Å². The first kappa shape index (κ1) is 14.5. The Morgan fingerprint density at radius 3 is 2.47 bits per heavy atom. The lowest BCUT2D eigenvalue weighted by Gasteiger charge is -2.28. The molecule has 0 saturated heterocycles. The summed E-state index contributed by atoms with van der Waals surface area (Å²) in [5.41, 5.74) is 0.490. The van der Waals surface area contributed by atoms with Crippen LogP contribution in [0.15, 0.2) is 22.7 Å². The van der Waals surface area contributed by atoms with Crippen molar-refractivity contribution in [2.75, 3.05) is 7.05 Å². The standard InChI is InChI=1S/C14H18BrFN2O/c1-17-10-3-5-11(6-4-10)18-14(19)9-2-7-13(16)12(15)8-9/h2,7-8,10-11,17H,3-6H2,1H3,(H,18,19). The fourth-order valence-corrected chi connectivity index (χ4v) is 2.81. The Hall–Kier alpha value is -0.940. The van der Waals surface area contributed by atoms with Crippen molar-refractivity contribution in [1.82, 2.24) is 10.6 Å². The molecule has 1 aliphatic carbocycles. The zero-order valence-electron chi connectivity index (χ0n) is 10.9. The number of amides is 1. The lowest BCUT2D eigenvalue weighted by molar-refractivity contribution is 0.0924. The highest BCUT2D eigenvalue weighted by Crippen LogP contribution is 2.20. The van der Waals surface area contributed by atoms with Gasteiger partial charge >= 0.3 is 0 Å². The van der Waals surface area contributed by atoms with Crippen molar-refractivity contribution in [1.29, 1.82) is 0 Å². The van der Waals surface area contributed by atoms with Crippen LogP contribution in [0.2, 0.25) is 0 Å². The average Bonchev–Trinajstić information content (AvgIpc) is 2.42. The molecule has 1 saturated carbocycles. The van der Waals surface area contributed by atoms with Crippen molar-refractivity contribution in [3.63, 3.8) is 0 Å². The van der Waals surface area contributed by atoms with Crippen LogP contribution in [-0.4, -0.2) is 25.0 Å². The molecular formula is C14H18BrFN2O. The van der Waals surface area contributed by atoms with Gasteiger partial charge in [-0.05, 0) is 66.9 Å². The molecule has 1 fully saturated rings. The second-order valence-corrected chi connectivity index (χ2v) is 5.79. The van der Waals surface area contributed by atoms with E-state index in [1.807, 2.05) is 7.05 Å². The zero-order valence-corrected chi connectivity index (χ0v) is 12.5. The van der Waals surface area contributed by atoms with Crippen molar-refractivity contribution >= 4 is 21.8 Å². The van der Waals surface area contributed by atoms with Gasteiger partial charge in [0.1, 0.15) is 5.82 Å². The Morgan fingerprint density at radius 2 is 1.89 bits per heavy atom. The molecule has 1 amide bonds. The van der Waals surface area contributed by atoms with Gasteiger partial charge in [-0.15, -0.1) is 0 Å². The minimum absolute atomic E-state index is 0.131. The van der Waals surface area contributed by atoms with Crippen molar-refractivity contribution in [3.8, 4) is 0 Å². The van der Waals surface area contributed by atoms with E-state index in [0.29, 0.717) is 16.1 Å². The van der Waals surface area contributed by atoms with Crippen molar-refractivity contribution in [3.05, 3.63) is 34.1 Å². The maximum Gasteiger partial charge on any atom is 0.251 e. The van der Waals surface area contributed by atoms with Gasteiger partial charge in [0.25, 0.3) is 5.91 Å². The van der Waals surface area contributed by atoms with E-state index in [1.54, 1.807) is 0 Å². The minimum Gasteiger partial charge on any atom is -0.349 e. The summed E-state index contributed by atoms with van der Waals surface area (Å²) in [7, 11) is 1.97. The summed E-state index contributed by atoms with van der Waals surface area (Å²) in [6, 6.07) is 5.11. The quantitative estimate of drug-likeness (QED) is 0.895. The van der Waals surface area contributed by atoms with Crippen LogP contribution >= 0.6 is 15.9 Å². The summed E-state index contributed by atoms with van der Waals surface area (Å²) in [5.74, 6) is -0.486. The third-order valence-corrected chi connectivity index (χ3v) is 4.26. The van der Waals surface area contributed by atoms with Gasteiger partial charge in [-0.1, -0.05) is 0 Å². The number of halogens is 2. The fraction of sp³-hybridized carbons (Fsp3) is 0.500. The summed E-state index contributed by atoms with van der Waals surface area (Å²) in [5, 5.41) is 6.28. The minimum atomic E-state index is -0.355. The Labute approximate surface area is 121 Å². The van der Waals surface area contributed by atoms with Crippen LogP contribution in [0, 0.1) is 5.82 Å². The maximum absolute atomic E-state index is 13.1. The molecule has 0 unspecified atom stereocenters. The first-order valence-corrected chi connectivity index (χ1v) is 7.32. The van der Waals surface area contributed by atoms with E-state index in [-0.39, 0.29) is 17.8 Å². The monoisotopic (exact) mass is 328 g/mol. The Kier molecular flexibility index (Phi) is 4.93. The molecule has 0 spiro atoms. The van der Waals surface area contributed by atoms with Crippen molar-refractivity contribution in [2.45, 2.75) is 37.8 Å². The van der Waals surface area contributed by atoms with Gasteiger partial charge in [0, 0.05) is 17.6 Å². The van der Waals surface area contributed by atoms with Crippen LogP contribution in [0.3, 0.4) is 0 Å². The third kappa shape index (κ3) is 3.76. The molecule has 0 radical (unpaired) electrons. The van der Waals surface area contributed by atoms with Crippen LogP contribution in [0.1, 0.15) is 36.0 Å². The highest BCUT2D eigenvalue weighted by molar-refractivity contribution is 9.10. The number of hydrogen-bond acceptors (Lipinski definition) is 2.